The fraction of sp³-hybridized carbons (Fsp3) is 0.500. The zero-order chi connectivity index (χ0) is 26.5. The maximum absolute atomic E-state index is 11.3. The third-order valence-corrected chi connectivity index (χ3v) is 5.72. The van der Waals surface area contributed by atoms with Crippen molar-refractivity contribution in [3.05, 3.63) is 40.6 Å². The second-order valence-corrected chi connectivity index (χ2v) is 8.48. The van der Waals surface area contributed by atoms with Gasteiger partial charge in [0, 0.05) is 37.5 Å². The highest BCUT2D eigenvalue weighted by molar-refractivity contribution is 5.82. The van der Waals surface area contributed by atoms with Gasteiger partial charge in [0.2, 0.25) is 5.95 Å². The number of rotatable bonds is 16. The summed E-state index contributed by atoms with van der Waals surface area (Å²) in [5.41, 5.74) is 17.1. The summed E-state index contributed by atoms with van der Waals surface area (Å²) in [7, 11) is 1.58. The number of ether oxygens (including phenoxy) is 1. The van der Waals surface area contributed by atoms with Crippen LogP contribution in [0.2, 0.25) is 0 Å². The van der Waals surface area contributed by atoms with Crippen LogP contribution in [0.5, 0.6) is 5.75 Å². The standard InChI is InChI=1S/C24H38N8O4/c1-3-4-5-17(10-11-33)28-23-18(19(7-9-22(34)35)29-24(26)30-23)14-16-12-15(6-8-20(16)36-2)13-21(25)31-32-27/h6,8,12,17,32-33H,3-5,7,9-11,13-14,27H2,1-2H3,(H2,25,31)(H,34,35)(H3,26,28,29,30). The van der Waals surface area contributed by atoms with Crippen molar-refractivity contribution in [2.75, 3.05) is 24.8 Å². The minimum absolute atomic E-state index is 0.0247. The van der Waals surface area contributed by atoms with Crippen LogP contribution in [0, 0.1) is 0 Å². The number of nitrogens with one attached hydrogen (secondary N) is 2. The lowest BCUT2D eigenvalue weighted by molar-refractivity contribution is -0.136. The Morgan fingerprint density at radius 2 is 2.06 bits per heavy atom. The van der Waals surface area contributed by atoms with E-state index in [1.54, 1.807) is 7.11 Å². The number of aliphatic hydroxyl groups excluding tert-OH is 1. The summed E-state index contributed by atoms with van der Waals surface area (Å²) in [6, 6.07) is 5.64. The molecule has 1 unspecified atom stereocenters. The molecule has 0 radical (unpaired) electrons. The lowest BCUT2D eigenvalue weighted by Crippen LogP contribution is -2.24. The normalized spacial score (nSPS) is 12.3. The Bertz CT molecular complexity index is 1030. The van der Waals surface area contributed by atoms with Crippen LogP contribution in [0.25, 0.3) is 0 Å². The molecule has 36 heavy (non-hydrogen) atoms. The van der Waals surface area contributed by atoms with Crippen molar-refractivity contribution in [1.82, 2.24) is 15.5 Å². The van der Waals surface area contributed by atoms with E-state index >= 15 is 0 Å². The van der Waals surface area contributed by atoms with Crippen molar-refractivity contribution in [2.45, 2.75) is 64.3 Å². The van der Waals surface area contributed by atoms with Gasteiger partial charge in [-0.3, -0.25) is 4.79 Å². The number of hydrazine groups is 1. The highest BCUT2D eigenvalue weighted by atomic mass is 16.5. The smallest absolute Gasteiger partial charge is 0.303 e. The summed E-state index contributed by atoms with van der Waals surface area (Å²) >= 11 is 0. The van der Waals surface area contributed by atoms with E-state index in [0.717, 1.165) is 36.0 Å². The molecule has 0 amide bonds. The van der Waals surface area contributed by atoms with Crippen molar-refractivity contribution in [3.63, 3.8) is 0 Å². The van der Waals surface area contributed by atoms with E-state index in [-0.39, 0.29) is 31.4 Å². The summed E-state index contributed by atoms with van der Waals surface area (Å²) in [4.78, 5) is 20.2. The molecule has 0 fully saturated rings. The Hall–Kier alpha value is -3.64. The number of carboxylic acid groups (broad SMARTS) is 1. The van der Waals surface area contributed by atoms with Gasteiger partial charge in [0.1, 0.15) is 17.4 Å². The molecule has 12 nitrogen and oxygen atoms in total. The number of anilines is 2. The van der Waals surface area contributed by atoms with Crippen LogP contribution in [0.3, 0.4) is 0 Å². The van der Waals surface area contributed by atoms with Crippen LogP contribution in [0.1, 0.15) is 61.4 Å². The highest BCUT2D eigenvalue weighted by Gasteiger charge is 2.20. The molecule has 10 N–H and O–H groups in total. The van der Waals surface area contributed by atoms with Gasteiger partial charge in [-0.05, 0) is 30.0 Å². The van der Waals surface area contributed by atoms with E-state index in [1.807, 2.05) is 18.2 Å². The first kappa shape index (κ1) is 28.6. The average molecular weight is 503 g/mol. The lowest BCUT2D eigenvalue weighted by Gasteiger charge is -2.22. The molecule has 0 aliphatic heterocycles. The average Bonchev–Trinajstić information content (AvgIpc) is 2.83. The molecule has 198 valence electrons. The fourth-order valence-electron chi connectivity index (χ4n) is 3.98. The summed E-state index contributed by atoms with van der Waals surface area (Å²) in [5.74, 6) is 5.83. The Morgan fingerprint density at radius 3 is 2.69 bits per heavy atom. The summed E-state index contributed by atoms with van der Waals surface area (Å²) < 4.78 is 5.59. The van der Waals surface area contributed by atoms with Gasteiger partial charge in [-0.1, -0.05) is 31.9 Å². The molecule has 0 saturated carbocycles. The fourth-order valence-corrected chi connectivity index (χ4v) is 3.98. The van der Waals surface area contributed by atoms with Gasteiger partial charge < -0.3 is 31.7 Å². The van der Waals surface area contributed by atoms with E-state index in [2.05, 4.69) is 32.8 Å². The first-order valence-corrected chi connectivity index (χ1v) is 12.0. The molecule has 2 rings (SSSR count). The summed E-state index contributed by atoms with van der Waals surface area (Å²) in [6.07, 6.45) is 4.20. The predicted octanol–water partition coefficient (Wildman–Crippen LogP) is 1.31. The maximum Gasteiger partial charge on any atom is 0.303 e. The monoisotopic (exact) mass is 502 g/mol. The molecular weight excluding hydrogens is 464 g/mol. The van der Waals surface area contributed by atoms with E-state index in [4.69, 9.17) is 22.0 Å². The number of amidine groups is 1. The van der Waals surface area contributed by atoms with E-state index in [0.29, 0.717) is 42.4 Å². The van der Waals surface area contributed by atoms with E-state index < -0.39 is 5.97 Å². The maximum atomic E-state index is 11.3. The number of aliphatic carboxylic acids is 1. The van der Waals surface area contributed by atoms with Gasteiger partial charge in [0.25, 0.3) is 0 Å². The number of aliphatic hydroxyl groups is 1. The molecule has 2 aromatic rings. The number of benzene rings is 1. The molecule has 12 heteroatoms. The molecular formula is C24H38N8O4. The van der Waals surface area contributed by atoms with Crippen molar-refractivity contribution < 1.29 is 19.7 Å². The molecule has 0 aliphatic carbocycles. The molecule has 0 spiro atoms. The van der Waals surface area contributed by atoms with Crippen LogP contribution >= 0.6 is 0 Å². The van der Waals surface area contributed by atoms with Crippen LogP contribution in [0.4, 0.5) is 11.8 Å². The SMILES string of the molecule is CCCCC(CCO)Nc1nc(N)nc(CCC(=O)O)c1Cc1cc(C/C(N)=N/NN)ccc1OC. The van der Waals surface area contributed by atoms with Gasteiger partial charge in [-0.25, -0.2) is 16.4 Å². The molecule has 0 saturated heterocycles. The zero-order valence-corrected chi connectivity index (χ0v) is 21.0. The Morgan fingerprint density at radius 1 is 1.28 bits per heavy atom. The molecule has 1 atom stereocenters. The van der Waals surface area contributed by atoms with Gasteiger partial charge in [0.15, 0.2) is 0 Å². The number of nitrogens with two attached hydrogens (primary N) is 3. The number of hydrogen-bond acceptors (Lipinski definition) is 10. The molecule has 0 aliphatic rings. The van der Waals surface area contributed by atoms with Crippen LogP contribution in [-0.2, 0) is 24.1 Å². The number of unbranched alkanes of at least 4 members (excludes halogenated alkanes) is 1. The largest absolute Gasteiger partial charge is 0.496 e. The second kappa shape index (κ2) is 14.7. The quantitative estimate of drug-likeness (QED) is 0.0753. The van der Waals surface area contributed by atoms with E-state index in [9.17, 15) is 15.0 Å². The number of aromatic nitrogens is 2. The third kappa shape index (κ3) is 8.86. The Balaban J connectivity index is 2.53. The number of carbonyl (C=O) groups is 1. The van der Waals surface area contributed by atoms with Crippen molar-refractivity contribution in [2.24, 2.45) is 16.7 Å². The van der Waals surface area contributed by atoms with E-state index in [1.165, 1.54) is 0 Å². The topological polar surface area (TPSA) is 207 Å². The lowest BCUT2D eigenvalue weighted by atomic mass is 9.97. The number of aryl methyl sites for hydroxylation is 1. The number of carboxylic acids is 1. The zero-order valence-electron chi connectivity index (χ0n) is 21.0. The highest BCUT2D eigenvalue weighted by Crippen LogP contribution is 2.29. The minimum Gasteiger partial charge on any atom is -0.496 e. The number of hydrogen-bond donors (Lipinski definition) is 7. The van der Waals surface area contributed by atoms with Crippen molar-refractivity contribution in [1.29, 1.82) is 0 Å². The first-order valence-electron chi connectivity index (χ1n) is 12.0. The van der Waals surface area contributed by atoms with Crippen molar-refractivity contribution in [3.8, 4) is 5.75 Å². The first-order chi connectivity index (χ1) is 17.3. The number of nitrogens with zero attached hydrogens (tertiary/aromatic N) is 3. The van der Waals surface area contributed by atoms with Crippen LogP contribution < -0.4 is 32.9 Å². The minimum atomic E-state index is -0.934. The Labute approximate surface area is 211 Å². The van der Waals surface area contributed by atoms with Gasteiger partial charge in [-0.15, -0.1) is 0 Å². The van der Waals surface area contributed by atoms with Gasteiger partial charge >= 0.3 is 5.97 Å². The Kier molecular flexibility index (Phi) is 11.7. The molecule has 1 aromatic carbocycles. The van der Waals surface area contributed by atoms with Crippen LogP contribution in [-0.4, -0.2) is 51.7 Å². The molecule has 1 heterocycles. The third-order valence-electron chi connectivity index (χ3n) is 5.72. The van der Waals surface area contributed by atoms with Gasteiger partial charge in [-0.2, -0.15) is 10.1 Å². The van der Waals surface area contributed by atoms with Crippen molar-refractivity contribution >= 4 is 23.6 Å². The molecule has 1 aromatic heterocycles. The second-order valence-electron chi connectivity index (χ2n) is 8.48. The van der Waals surface area contributed by atoms with Gasteiger partial charge in [0.05, 0.1) is 19.2 Å². The number of methoxy groups -OCH3 is 1. The molecule has 0 bridgehead atoms. The number of hydrazone groups is 1. The summed E-state index contributed by atoms with van der Waals surface area (Å²) in [6.45, 7) is 2.13. The summed E-state index contributed by atoms with van der Waals surface area (Å²) in [5, 5.41) is 26.1. The van der Waals surface area contributed by atoms with Crippen LogP contribution in [0.15, 0.2) is 23.3 Å². The number of nitrogen functional groups attached to an aromatic ring is 1. The predicted molar refractivity (Wildman–Crippen MR) is 139 cm³/mol.